The van der Waals surface area contributed by atoms with Crippen molar-refractivity contribution in [2.75, 3.05) is 19.9 Å². The monoisotopic (exact) mass is 344 g/mol. The zero-order valence-corrected chi connectivity index (χ0v) is 14.0. The Balaban J connectivity index is 1.62. The molecule has 1 N–H and O–H groups in total. The number of carbonyl (C=O) groups is 1. The second-order valence-electron chi connectivity index (χ2n) is 6.45. The highest BCUT2D eigenvalue weighted by molar-refractivity contribution is 5.83. The molecule has 0 spiro atoms. The maximum Gasteiger partial charge on any atom is 0.253 e. The van der Waals surface area contributed by atoms with Crippen LogP contribution in [0.5, 0.6) is 11.5 Å². The van der Waals surface area contributed by atoms with Crippen LogP contribution in [0.25, 0.3) is 10.9 Å². The maximum atomic E-state index is 12.4. The number of nitrogens with zero attached hydrogens (tertiary/aromatic N) is 1. The quantitative estimate of drug-likeness (QED) is 0.914. The zero-order chi connectivity index (χ0) is 17.4. The van der Waals surface area contributed by atoms with Crippen LogP contribution in [0.1, 0.15) is 25.3 Å². The van der Waals surface area contributed by atoms with Crippen molar-refractivity contribution in [1.82, 2.24) is 9.88 Å². The molecule has 4 rings (SSSR count). The summed E-state index contributed by atoms with van der Waals surface area (Å²) in [6.07, 6.45) is 2.01. The highest BCUT2D eigenvalue weighted by atomic mass is 16.7. The fourth-order valence-corrected chi connectivity index (χ4v) is 3.30. The number of aromatic amines is 1. The lowest BCUT2D eigenvalue weighted by molar-refractivity contribution is -0.131. The summed E-state index contributed by atoms with van der Waals surface area (Å²) in [5, 5.41) is 0.847. The fraction of sp³-hybridized carbons (Fsp3) is 0.444. The fourth-order valence-electron chi connectivity index (χ4n) is 3.30. The molecule has 1 atom stereocenters. The lowest BCUT2D eigenvalue weighted by atomic mass is 10.1. The molecule has 7 heteroatoms. The molecule has 0 aliphatic carbocycles. The molecule has 0 saturated carbocycles. The summed E-state index contributed by atoms with van der Waals surface area (Å²) < 4.78 is 16.3. The van der Waals surface area contributed by atoms with Gasteiger partial charge in [-0.25, -0.2) is 0 Å². The summed E-state index contributed by atoms with van der Waals surface area (Å²) in [4.78, 5) is 28.9. The molecule has 132 valence electrons. The van der Waals surface area contributed by atoms with Gasteiger partial charge in [0.25, 0.3) is 5.56 Å². The first kappa shape index (κ1) is 16.0. The highest BCUT2D eigenvalue weighted by Gasteiger charge is 2.22. The van der Waals surface area contributed by atoms with Crippen LogP contribution in [-0.4, -0.2) is 41.8 Å². The van der Waals surface area contributed by atoms with E-state index in [1.165, 1.54) is 6.92 Å². The number of rotatable bonds is 4. The minimum absolute atomic E-state index is 0.0530. The van der Waals surface area contributed by atoms with Gasteiger partial charge < -0.3 is 24.1 Å². The average molecular weight is 344 g/mol. The Labute approximate surface area is 144 Å². The van der Waals surface area contributed by atoms with Crippen molar-refractivity contribution in [2.24, 2.45) is 0 Å². The maximum absolute atomic E-state index is 12.4. The van der Waals surface area contributed by atoms with Crippen molar-refractivity contribution in [3.8, 4) is 11.5 Å². The Morgan fingerprint density at radius 2 is 2.08 bits per heavy atom. The molecule has 1 fully saturated rings. The second kappa shape index (κ2) is 6.40. The first-order valence-corrected chi connectivity index (χ1v) is 8.43. The van der Waals surface area contributed by atoms with Crippen LogP contribution in [0.15, 0.2) is 23.0 Å². The lowest BCUT2D eigenvalue weighted by Gasteiger charge is -2.24. The van der Waals surface area contributed by atoms with Crippen LogP contribution in [-0.2, 0) is 16.1 Å². The number of H-pyrrole nitrogens is 1. The molecule has 7 nitrogen and oxygen atoms in total. The van der Waals surface area contributed by atoms with Gasteiger partial charge >= 0.3 is 0 Å². The summed E-state index contributed by atoms with van der Waals surface area (Å²) in [7, 11) is 0. The van der Waals surface area contributed by atoms with Crippen molar-refractivity contribution in [2.45, 2.75) is 32.4 Å². The van der Waals surface area contributed by atoms with E-state index in [1.54, 1.807) is 11.0 Å². The number of amides is 1. The third-order valence-corrected chi connectivity index (χ3v) is 4.67. The van der Waals surface area contributed by atoms with Gasteiger partial charge in [0.05, 0.1) is 18.2 Å². The molecule has 1 aromatic carbocycles. The average Bonchev–Trinajstić information content (AvgIpc) is 3.23. The van der Waals surface area contributed by atoms with Gasteiger partial charge in [0, 0.05) is 37.1 Å². The third-order valence-electron chi connectivity index (χ3n) is 4.67. The Bertz CT molecular complexity index is 870. The van der Waals surface area contributed by atoms with Crippen molar-refractivity contribution >= 4 is 16.8 Å². The van der Waals surface area contributed by atoms with Crippen LogP contribution >= 0.6 is 0 Å². The predicted molar refractivity (Wildman–Crippen MR) is 90.8 cm³/mol. The Morgan fingerprint density at radius 1 is 1.28 bits per heavy atom. The van der Waals surface area contributed by atoms with Crippen LogP contribution < -0.4 is 15.0 Å². The van der Waals surface area contributed by atoms with E-state index in [-0.39, 0.29) is 30.9 Å². The van der Waals surface area contributed by atoms with Crippen molar-refractivity contribution in [3.63, 3.8) is 0 Å². The molecule has 3 heterocycles. The molecular formula is C18H20N2O5. The SMILES string of the molecule is CC(=O)N(Cc1cc2cc3c(cc2[nH]c1=O)OCO3)CC1CCCO1. The minimum atomic E-state index is -0.204. The highest BCUT2D eigenvalue weighted by Crippen LogP contribution is 2.35. The molecule has 0 bridgehead atoms. The van der Waals surface area contributed by atoms with E-state index in [2.05, 4.69) is 4.98 Å². The molecule has 1 saturated heterocycles. The van der Waals surface area contributed by atoms with E-state index in [4.69, 9.17) is 14.2 Å². The second-order valence-corrected chi connectivity index (χ2v) is 6.45. The molecule has 1 unspecified atom stereocenters. The summed E-state index contributed by atoms with van der Waals surface area (Å²) in [6.45, 7) is 3.20. The third kappa shape index (κ3) is 3.19. The van der Waals surface area contributed by atoms with Crippen molar-refractivity contribution < 1.29 is 19.0 Å². The summed E-state index contributed by atoms with van der Waals surface area (Å²) in [6, 6.07) is 5.41. The number of ether oxygens (including phenoxy) is 3. The molecule has 2 aliphatic heterocycles. The van der Waals surface area contributed by atoms with E-state index in [0.29, 0.717) is 29.1 Å². The van der Waals surface area contributed by atoms with E-state index >= 15 is 0 Å². The van der Waals surface area contributed by atoms with Gasteiger partial charge in [-0.1, -0.05) is 0 Å². The van der Waals surface area contributed by atoms with E-state index in [9.17, 15) is 9.59 Å². The number of fused-ring (bicyclic) bond motifs is 2. The molecular weight excluding hydrogens is 324 g/mol. The largest absolute Gasteiger partial charge is 0.454 e. The molecule has 1 aromatic heterocycles. The smallest absolute Gasteiger partial charge is 0.253 e. The number of nitrogens with one attached hydrogen (secondary N) is 1. The number of pyridine rings is 1. The van der Waals surface area contributed by atoms with Gasteiger partial charge in [0.2, 0.25) is 12.7 Å². The summed E-state index contributed by atoms with van der Waals surface area (Å²) in [5.41, 5.74) is 1.02. The predicted octanol–water partition coefficient (Wildman–Crippen LogP) is 1.78. The van der Waals surface area contributed by atoms with Gasteiger partial charge in [0.1, 0.15) is 0 Å². The standard InChI is InChI=1S/C18H20N2O5/c1-11(21)20(9-14-3-2-4-23-14)8-13-5-12-6-16-17(25-10-24-16)7-15(12)19-18(13)22/h5-7,14H,2-4,8-10H2,1H3,(H,19,22). The number of carbonyl (C=O) groups excluding carboxylic acids is 1. The van der Waals surface area contributed by atoms with E-state index in [0.717, 1.165) is 24.8 Å². The van der Waals surface area contributed by atoms with Gasteiger partial charge in [-0.05, 0) is 25.0 Å². The van der Waals surface area contributed by atoms with Crippen molar-refractivity contribution in [1.29, 1.82) is 0 Å². The Hall–Kier alpha value is -2.54. The number of hydrogen-bond donors (Lipinski definition) is 1. The normalized spacial score (nSPS) is 18.7. The van der Waals surface area contributed by atoms with Crippen LogP contribution in [0.2, 0.25) is 0 Å². The summed E-state index contributed by atoms with van der Waals surface area (Å²) >= 11 is 0. The van der Waals surface area contributed by atoms with Gasteiger partial charge in [-0.2, -0.15) is 0 Å². The van der Waals surface area contributed by atoms with Gasteiger partial charge in [-0.3, -0.25) is 9.59 Å². The van der Waals surface area contributed by atoms with Crippen molar-refractivity contribution in [3.05, 3.63) is 34.1 Å². The Morgan fingerprint density at radius 3 is 2.80 bits per heavy atom. The molecule has 2 aromatic rings. The summed E-state index contributed by atoms with van der Waals surface area (Å²) in [5.74, 6) is 1.22. The molecule has 25 heavy (non-hydrogen) atoms. The van der Waals surface area contributed by atoms with Crippen LogP contribution in [0.4, 0.5) is 0 Å². The minimum Gasteiger partial charge on any atom is -0.454 e. The van der Waals surface area contributed by atoms with Crippen LogP contribution in [0, 0.1) is 0 Å². The van der Waals surface area contributed by atoms with Crippen LogP contribution in [0.3, 0.4) is 0 Å². The molecule has 2 aliphatic rings. The number of hydrogen-bond acceptors (Lipinski definition) is 5. The van der Waals surface area contributed by atoms with E-state index < -0.39 is 0 Å². The first-order valence-electron chi connectivity index (χ1n) is 8.43. The zero-order valence-electron chi connectivity index (χ0n) is 14.0. The topological polar surface area (TPSA) is 80.9 Å². The Kier molecular flexibility index (Phi) is 4.09. The van der Waals surface area contributed by atoms with Gasteiger partial charge in [0.15, 0.2) is 11.5 Å². The molecule has 1 amide bonds. The number of aromatic nitrogens is 1. The van der Waals surface area contributed by atoms with Gasteiger partial charge in [-0.15, -0.1) is 0 Å². The van der Waals surface area contributed by atoms with E-state index in [1.807, 2.05) is 12.1 Å². The first-order chi connectivity index (χ1) is 12.1. The lowest BCUT2D eigenvalue weighted by Crippen LogP contribution is -2.36. The number of benzene rings is 1. The molecule has 0 radical (unpaired) electrons.